The third kappa shape index (κ3) is 0.680. The van der Waals surface area contributed by atoms with Crippen LogP contribution in [-0.4, -0.2) is 12.5 Å². The Morgan fingerprint density at radius 3 is 3.00 bits per heavy atom. The van der Waals surface area contributed by atoms with Crippen LogP contribution in [0.4, 0.5) is 0 Å². The van der Waals surface area contributed by atoms with E-state index in [9.17, 15) is 4.79 Å². The summed E-state index contributed by atoms with van der Waals surface area (Å²) in [5, 5.41) is 2.97. The average molecular weight is 163 g/mol. The maximum absolute atomic E-state index is 11.5. The molecule has 3 rings (SSSR count). The second-order valence-electron chi connectivity index (χ2n) is 4.22. The van der Waals surface area contributed by atoms with E-state index in [1.807, 2.05) is 0 Å². The van der Waals surface area contributed by atoms with Crippen LogP contribution in [-0.2, 0) is 4.79 Å². The van der Waals surface area contributed by atoms with E-state index in [4.69, 9.17) is 0 Å². The molecule has 2 fully saturated rings. The summed E-state index contributed by atoms with van der Waals surface area (Å²) in [6.45, 7) is 0.900. The summed E-state index contributed by atoms with van der Waals surface area (Å²) < 4.78 is 0. The fourth-order valence-corrected chi connectivity index (χ4v) is 3.19. The molecule has 2 bridgehead atoms. The lowest BCUT2D eigenvalue weighted by molar-refractivity contribution is -0.129. The molecular formula is C10H13NO. The van der Waals surface area contributed by atoms with E-state index < -0.39 is 0 Å². The third-order valence-corrected chi connectivity index (χ3v) is 3.70. The SMILES string of the molecule is O=C1NCC[C@@H]2[C@H]1[C@@H]1C=C[C@H]2C1. The minimum Gasteiger partial charge on any atom is -0.356 e. The number of carbonyl (C=O) groups excluding carboxylic acids is 1. The molecule has 4 atom stereocenters. The van der Waals surface area contributed by atoms with Gasteiger partial charge in [-0.05, 0) is 30.6 Å². The molecule has 0 aromatic heterocycles. The molecule has 2 aliphatic carbocycles. The Morgan fingerprint density at radius 2 is 2.17 bits per heavy atom. The lowest BCUT2D eigenvalue weighted by Gasteiger charge is -2.31. The smallest absolute Gasteiger partial charge is 0.224 e. The van der Waals surface area contributed by atoms with Gasteiger partial charge in [0, 0.05) is 12.5 Å². The van der Waals surface area contributed by atoms with Crippen LogP contribution in [0.1, 0.15) is 12.8 Å². The first-order valence-corrected chi connectivity index (χ1v) is 4.82. The number of fused-ring (bicyclic) bond motifs is 5. The van der Waals surface area contributed by atoms with E-state index in [0.29, 0.717) is 23.7 Å². The average Bonchev–Trinajstić information content (AvgIpc) is 2.64. The van der Waals surface area contributed by atoms with Crippen molar-refractivity contribution >= 4 is 5.91 Å². The molecule has 64 valence electrons. The molecule has 2 heteroatoms. The van der Waals surface area contributed by atoms with Gasteiger partial charge in [0.25, 0.3) is 0 Å². The molecule has 1 N–H and O–H groups in total. The zero-order chi connectivity index (χ0) is 8.13. The molecule has 1 heterocycles. The van der Waals surface area contributed by atoms with Crippen LogP contribution in [0, 0.1) is 23.7 Å². The van der Waals surface area contributed by atoms with Gasteiger partial charge in [0.1, 0.15) is 0 Å². The second-order valence-corrected chi connectivity index (χ2v) is 4.22. The molecule has 12 heavy (non-hydrogen) atoms. The lowest BCUT2D eigenvalue weighted by Crippen LogP contribution is -2.43. The highest BCUT2D eigenvalue weighted by atomic mass is 16.2. The topological polar surface area (TPSA) is 29.1 Å². The molecule has 1 amide bonds. The van der Waals surface area contributed by atoms with Crippen molar-refractivity contribution in [1.82, 2.24) is 5.32 Å². The number of hydrogen-bond donors (Lipinski definition) is 1. The lowest BCUT2D eigenvalue weighted by atomic mass is 9.78. The number of piperidine rings is 1. The first-order valence-electron chi connectivity index (χ1n) is 4.82. The van der Waals surface area contributed by atoms with Gasteiger partial charge in [0.15, 0.2) is 0 Å². The summed E-state index contributed by atoms with van der Waals surface area (Å²) in [4.78, 5) is 11.5. The van der Waals surface area contributed by atoms with Gasteiger partial charge < -0.3 is 5.32 Å². The molecule has 3 aliphatic rings. The highest BCUT2D eigenvalue weighted by Gasteiger charge is 2.49. The van der Waals surface area contributed by atoms with Crippen LogP contribution in [0.3, 0.4) is 0 Å². The summed E-state index contributed by atoms with van der Waals surface area (Å²) in [6.07, 6.45) is 7.01. The molecule has 2 nitrogen and oxygen atoms in total. The van der Waals surface area contributed by atoms with Gasteiger partial charge in [-0.25, -0.2) is 0 Å². The molecule has 1 saturated heterocycles. The van der Waals surface area contributed by atoms with Crippen molar-refractivity contribution in [3.05, 3.63) is 12.2 Å². The highest BCUT2D eigenvalue weighted by molar-refractivity contribution is 5.81. The van der Waals surface area contributed by atoms with Crippen LogP contribution in [0.25, 0.3) is 0 Å². The quantitative estimate of drug-likeness (QED) is 0.529. The van der Waals surface area contributed by atoms with E-state index in [2.05, 4.69) is 17.5 Å². The number of rotatable bonds is 0. The van der Waals surface area contributed by atoms with E-state index in [1.165, 1.54) is 12.8 Å². The van der Waals surface area contributed by atoms with Crippen LogP contribution < -0.4 is 5.32 Å². The van der Waals surface area contributed by atoms with Crippen LogP contribution in [0.5, 0.6) is 0 Å². The number of hydrogen-bond acceptors (Lipinski definition) is 1. The van der Waals surface area contributed by atoms with Crippen LogP contribution >= 0.6 is 0 Å². The first kappa shape index (κ1) is 6.70. The fraction of sp³-hybridized carbons (Fsp3) is 0.700. The van der Waals surface area contributed by atoms with Gasteiger partial charge in [0.05, 0.1) is 0 Å². The van der Waals surface area contributed by atoms with E-state index >= 15 is 0 Å². The zero-order valence-electron chi connectivity index (χ0n) is 6.99. The Hall–Kier alpha value is -0.790. The Balaban J connectivity index is 1.97. The predicted octanol–water partition coefficient (Wildman–Crippen LogP) is 0.945. The maximum atomic E-state index is 11.5. The monoisotopic (exact) mass is 163 g/mol. The molecule has 0 radical (unpaired) electrons. The minimum atomic E-state index is 0.308. The molecule has 0 aromatic rings. The highest BCUT2D eigenvalue weighted by Crippen LogP contribution is 2.50. The number of carbonyl (C=O) groups is 1. The largest absolute Gasteiger partial charge is 0.356 e. The predicted molar refractivity (Wildman–Crippen MR) is 45.3 cm³/mol. The Bertz CT molecular complexity index is 259. The normalized spacial score (nSPS) is 49.2. The summed E-state index contributed by atoms with van der Waals surface area (Å²) in [6, 6.07) is 0. The van der Waals surface area contributed by atoms with E-state index in [0.717, 1.165) is 12.5 Å². The number of nitrogens with one attached hydrogen (secondary N) is 1. The zero-order valence-corrected chi connectivity index (χ0v) is 6.99. The summed E-state index contributed by atoms with van der Waals surface area (Å²) in [7, 11) is 0. The van der Waals surface area contributed by atoms with E-state index in [1.54, 1.807) is 0 Å². The van der Waals surface area contributed by atoms with Gasteiger partial charge in [-0.1, -0.05) is 12.2 Å². The van der Waals surface area contributed by atoms with Gasteiger partial charge in [-0.2, -0.15) is 0 Å². The van der Waals surface area contributed by atoms with Gasteiger partial charge >= 0.3 is 0 Å². The van der Waals surface area contributed by atoms with Gasteiger partial charge in [-0.15, -0.1) is 0 Å². The van der Waals surface area contributed by atoms with Crippen LogP contribution in [0.15, 0.2) is 12.2 Å². The van der Waals surface area contributed by atoms with Crippen molar-refractivity contribution in [3.63, 3.8) is 0 Å². The van der Waals surface area contributed by atoms with Crippen LogP contribution in [0.2, 0.25) is 0 Å². The minimum absolute atomic E-state index is 0.308. The molecular weight excluding hydrogens is 150 g/mol. The molecule has 1 saturated carbocycles. The Kier molecular flexibility index (Phi) is 1.18. The fourth-order valence-electron chi connectivity index (χ4n) is 3.19. The number of amides is 1. The third-order valence-electron chi connectivity index (χ3n) is 3.70. The summed E-state index contributed by atoms with van der Waals surface area (Å²) in [5.74, 6) is 2.61. The molecule has 0 aromatic carbocycles. The molecule has 0 spiro atoms. The van der Waals surface area contributed by atoms with Crippen molar-refractivity contribution in [2.75, 3.05) is 6.54 Å². The van der Waals surface area contributed by atoms with Crippen molar-refractivity contribution < 1.29 is 4.79 Å². The van der Waals surface area contributed by atoms with E-state index in [-0.39, 0.29) is 0 Å². The van der Waals surface area contributed by atoms with Crippen molar-refractivity contribution in [1.29, 1.82) is 0 Å². The Morgan fingerprint density at radius 1 is 1.33 bits per heavy atom. The van der Waals surface area contributed by atoms with Gasteiger partial charge in [0.2, 0.25) is 5.91 Å². The van der Waals surface area contributed by atoms with Crippen molar-refractivity contribution in [3.8, 4) is 0 Å². The first-order chi connectivity index (χ1) is 5.86. The second kappa shape index (κ2) is 2.12. The van der Waals surface area contributed by atoms with Crippen molar-refractivity contribution in [2.24, 2.45) is 23.7 Å². The molecule has 0 unspecified atom stereocenters. The van der Waals surface area contributed by atoms with Crippen molar-refractivity contribution in [2.45, 2.75) is 12.8 Å². The standard InChI is InChI=1S/C10H13NO/c12-10-9-7-2-1-6(5-7)8(9)3-4-11-10/h1-2,6-9H,3-5H2,(H,11,12)/t6-,7+,8-,9+/m0/s1. The summed E-state index contributed by atoms with van der Waals surface area (Å²) in [5.41, 5.74) is 0. The Labute approximate surface area is 72.0 Å². The van der Waals surface area contributed by atoms with Gasteiger partial charge in [-0.3, -0.25) is 4.79 Å². The molecule has 1 aliphatic heterocycles. The summed E-state index contributed by atoms with van der Waals surface area (Å²) >= 11 is 0. The number of allylic oxidation sites excluding steroid dienone is 2. The maximum Gasteiger partial charge on any atom is 0.224 e.